The Labute approximate surface area is 173 Å². The molecule has 29 heavy (non-hydrogen) atoms. The number of nitrogens with one attached hydrogen (secondary N) is 2. The molecule has 0 saturated carbocycles. The summed E-state index contributed by atoms with van der Waals surface area (Å²) in [7, 11) is 0. The Hall–Kier alpha value is -2.59. The summed E-state index contributed by atoms with van der Waals surface area (Å²) in [5, 5.41) is 4.10. The highest BCUT2D eigenvalue weighted by Gasteiger charge is 2.13. The summed E-state index contributed by atoms with van der Waals surface area (Å²) in [5.41, 5.74) is 11.3. The number of hydrogen-bond acceptors (Lipinski definition) is 2. The summed E-state index contributed by atoms with van der Waals surface area (Å²) in [6.07, 6.45) is 2.01. The van der Waals surface area contributed by atoms with Crippen molar-refractivity contribution in [2.45, 2.75) is 46.6 Å². The maximum Gasteiger partial charge on any atom is 0.267 e. The first-order chi connectivity index (χ1) is 13.8. The molecule has 3 aromatic rings. The van der Waals surface area contributed by atoms with Crippen molar-refractivity contribution >= 4 is 16.8 Å². The van der Waals surface area contributed by atoms with Crippen molar-refractivity contribution in [2.24, 2.45) is 17.6 Å². The first-order valence-electron chi connectivity index (χ1n) is 10.6. The molecular weight excluding hydrogens is 358 g/mol. The van der Waals surface area contributed by atoms with Gasteiger partial charge < -0.3 is 16.0 Å². The van der Waals surface area contributed by atoms with Crippen molar-refractivity contribution in [3.05, 3.63) is 59.8 Å². The lowest BCUT2D eigenvalue weighted by Crippen LogP contribution is -2.31. The Bertz CT molecular complexity index is 956. The molecule has 3 rings (SSSR count). The molecule has 0 spiro atoms. The minimum Gasteiger partial charge on any atom is -0.351 e. The predicted octanol–water partition coefficient (Wildman–Crippen LogP) is 5.27. The fraction of sp³-hybridized carbons (Fsp3) is 0.400. The van der Waals surface area contributed by atoms with Crippen LogP contribution in [-0.4, -0.2) is 23.5 Å². The Morgan fingerprint density at radius 3 is 2.38 bits per heavy atom. The number of carbonyl (C=O) groups excluding carboxylic acids is 1. The van der Waals surface area contributed by atoms with Crippen LogP contribution in [0, 0.1) is 18.8 Å². The van der Waals surface area contributed by atoms with Crippen molar-refractivity contribution in [3.8, 4) is 11.1 Å². The number of hydrogen-bond donors (Lipinski definition) is 3. The van der Waals surface area contributed by atoms with E-state index in [-0.39, 0.29) is 11.9 Å². The minimum atomic E-state index is -0.0573. The lowest BCUT2D eigenvalue weighted by Gasteiger charge is -2.18. The molecule has 0 aliphatic carbocycles. The average Bonchev–Trinajstić information content (AvgIpc) is 3.14. The highest BCUT2D eigenvalue weighted by Crippen LogP contribution is 2.25. The fourth-order valence-corrected chi connectivity index (χ4v) is 3.45. The second kappa shape index (κ2) is 9.27. The number of aromatic amines is 1. The van der Waals surface area contributed by atoms with Gasteiger partial charge in [-0.1, -0.05) is 62.7 Å². The molecule has 0 saturated heterocycles. The molecule has 1 heterocycles. The number of amides is 1. The molecule has 0 bridgehead atoms. The second-order valence-corrected chi connectivity index (χ2v) is 8.65. The van der Waals surface area contributed by atoms with Gasteiger partial charge >= 0.3 is 0 Å². The van der Waals surface area contributed by atoms with Crippen LogP contribution in [-0.2, 0) is 0 Å². The molecule has 1 amide bonds. The van der Waals surface area contributed by atoms with Crippen LogP contribution in [0.4, 0.5) is 0 Å². The summed E-state index contributed by atoms with van der Waals surface area (Å²) in [6.45, 7) is 9.21. The topological polar surface area (TPSA) is 70.9 Å². The van der Waals surface area contributed by atoms with Crippen LogP contribution < -0.4 is 11.1 Å². The van der Waals surface area contributed by atoms with Gasteiger partial charge in [0.15, 0.2) is 0 Å². The quantitative estimate of drug-likeness (QED) is 0.489. The zero-order chi connectivity index (χ0) is 21.0. The van der Waals surface area contributed by atoms with Crippen molar-refractivity contribution in [3.63, 3.8) is 0 Å². The molecule has 154 valence electrons. The molecule has 2 atom stereocenters. The zero-order valence-electron chi connectivity index (χ0n) is 18.0. The minimum absolute atomic E-state index is 0.0573. The molecule has 4 heteroatoms. The van der Waals surface area contributed by atoms with E-state index in [2.05, 4.69) is 80.5 Å². The number of aryl methyl sites for hydroxylation is 1. The van der Waals surface area contributed by atoms with E-state index in [4.69, 9.17) is 5.73 Å². The van der Waals surface area contributed by atoms with E-state index < -0.39 is 0 Å². The van der Waals surface area contributed by atoms with E-state index in [0.29, 0.717) is 24.1 Å². The lowest BCUT2D eigenvalue weighted by molar-refractivity contribution is 0.0943. The normalized spacial score (nSPS) is 13.6. The van der Waals surface area contributed by atoms with E-state index in [1.54, 1.807) is 0 Å². The average molecular weight is 392 g/mol. The third-order valence-electron chi connectivity index (χ3n) is 5.71. The summed E-state index contributed by atoms with van der Waals surface area (Å²) in [5.74, 6) is 0.840. The predicted molar refractivity (Wildman–Crippen MR) is 122 cm³/mol. The number of aromatic nitrogens is 1. The summed E-state index contributed by atoms with van der Waals surface area (Å²) >= 11 is 0. The van der Waals surface area contributed by atoms with Crippen LogP contribution in [0.15, 0.2) is 48.5 Å². The summed E-state index contributed by atoms with van der Waals surface area (Å²) in [4.78, 5) is 15.9. The first kappa shape index (κ1) is 21.1. The van der Waals surface area contributed by atoms with Crippen LogP contribution in [0.2, 0.25) is 0 Å². The summed E-state index contributed by atoms with van der Waals surface area (Å²) < 4.78 is 0. The summed E-state index contributed by atoms with van der Waals surface area (Å²) in [6, 6.07) is 16.9. The van der Waals surface area contributed by atoms with Crippen molar-refractivity contribution in [2.75, 3.05) is 6.54 Å². The van der Waals surface area contributed by atoms with Crippen LogP contribution in [0.5, 0.6) is 0 Å². The Morgan fingerprint density at radius 2 is 1.69 bits per heavy atom. The van der Waals surface area contributed by atoms with Gasteiger partial charge in [0.2, 0.25) is 0 Å². The van der Waals surface area contributed by atoms with Gasteiger partial charge in [-0.15, -0.1) is 0 Å². The van der Waals surface area contributed by atoms with Gasteiger partial charge in [-0.25, -0.2) is 0 Å². The number of benzene rings is 2. The van der Waals surface area contributed by atoms with E-state index in [1.807, 2.05) is 6.07 Å². The molecule has 4 nitrogen and oxygen atoms in total. The van der Waals surface area contributed by atoms with E-state index in [0.717, 1.165) is 29.3 Å². The van der Waals surface area contributed by atoms with Crippen molar-refractivity contribution < 1.29 is 4.79 Å². The number of nitrogens with two attached hydrogens (primary N) is 1. The van der Waals surface area contributed by atoms with Crippen molar-refractivity contribution in [1.82, 2.24) is 10.3 Å². The van der Waals surface area contributed by atoms with Gasteiger partial charge in [0.1, 0.15) is 5.69 Å². The molecule has 0 aliphatic rings. The van der Waals surface area contributed by atoms with Crippen LogP contribution in [0.1, 0.15) is 49.7 Å². The molecule has 1 aromatic heterocycles. The number of fused-ring (bicyclic) bond motifs is 1. The Morgan fingerprint density at radius 1 is 1.00 bits per heavy atom. The highest BCUT2D eigenvalue weighted by molar-refractivity contribution is 5.98. The van der Waals surface area contributed by atoms with E-state index >= 15 is 0 Å². The van der Waals surface area contributed by atoms with Gasteiger partial charge in [0.25, 0.3) is 5.91 Å². The Balaban J connectivity index is 1.62. The second-order valence-electron chi connectivity index (χ2n) is 8.65. The Kier molecular flexibility index (Phi) is 6.75. The van der Waals surface area contributed by atoms with E-state index in [1.165, 1.54) is 11.1 Å². The molecule has 2 aromatic carbocycles. The van der Waals surface area contributed by atoms with Crippen LogP contribution in [0.3, 0.4) is 0 Å². The number of rotatable bonds is 8. The molecule has 1 unspecified atom stereocenters. The third-order valence-corrected chi connectivity index (χ3v) is 5.71. The largest absolute Gasteiger partial charge is 0.351 e. The molecule has 4 N–H and O–H groups in total. The smallest absolute Gasteiger partial charge is 0.267 e. The van der Waals surface area contributed by atoms with Gasteiger partial charge in [-0.2, -0.15) is 0 Å². The highest BCUT2D eigenvalue weighted by atomic mass is 16.1. The number of carbonyl (C=O) groups is 1. The number of H-pyrrole nitrogens is 1. The van der Waals surface area contributed by atoms with E-state index in [9.17, 15) is 4.79 Å². The molecule has 0 fully saturated rings. The monoisotopic (exact) mass is 391 g/mol. The molecule has 0 radical (unpaired) electrons. The SMILES string of the molecule is Cc1ccc(-c2ccc3cc(C(=O)NC[C@@H](C)CCC(N)C(C)C)[nH]c3c2)cc1. The standard InChI is InChI=1S/C25H33N3O/c1-16(2)22(26)12-7-18(4)15-27-25(29)24-14-21-11-10-20(13-23(21)28-24)19-8-5-17(3)6-9-19/h5-6,8-11,13-14,16,18,22,28H,7,12,15,26H2,1-4H3,(H,27,29)/t18-,22?/m0/s1. The zero-order valence-corrected chi connectivity index (χ0v) is 18.0. The van der Waals surface area contributed by atoms with Crippen molar-refractivity contribution in [1.29, 1.82) is 0 Å². The van der Waals surface area contributed by atoms with Gasteiger partial charge in [-0.05, 0) is 54.9 Å². The van der Waals surface area contributed by atoms with Crippen LogP contribution in [0.25, 0.3) is 22.0 Å². The maximum atomic E-state index is 12.6. The van der Waals surface area contributed by atoms with Gasteiger partial charge in [-0.3, -0.25) is 4.79 Å². The first-order valence-corrected chi connectivity index (χ1v) is 10.6. The van der Waals surface area contributed by atoms with Gasteiger partial charge in [0, 0.05) is 23.5 Å². The molecular formula is C25H33N3O. The lowest BCUT2D eigenvalue weighted by atomic mass is 9.95. The molecule has 0 aliphatic heterocycles. The maximum absolute atomic E-state index is 12.6. The third kappa shape index (κ3) is 5.48. The van der Waals surface area contributed by atoms with Gasteiger partial charge in [0.05, 0.1) is 0 Å². The van der Waals surface area contributed by atoms with Crippen LogP contribution >= 0.6 is 0 Å². The fourth-order valence-electron chi connectivity index (χ4n) is 3.45.